The number of rotatable bonds is 7. The zero-order valence-corrected chi connectivity index (χ0v) is 16.5. The molecule has 0 aromatic heterocycles. The SMILES string of the molecule is CN(CCNC(=O)[C@H]1CC(=O)N(c2ccc(F)c(Cl)c2)C1)Cc1ccccc1. The summed E-state index contributed by atoms with van der Waals surface area (Å²) in [6, 6.07) is 14.2. The fourth-order valence-electron chi connectivity index (χ4n) is 3.27. The van der Waals surface area contributed by atoms with E-state index in [4.69, 9.17) is 11.6 Å². The first-order valence-electron chi connectivity index (χ1n) is 9.19. The van der Waals surface area contributed by atoms with Crippen molar-refractivity contribution in [2.75, 3.05) is 31.6 Å². The van der Waals surface area contributed by atoms with E-state index in [-0.39, 0.29) is 29.8 Å². The van der Waals surface area contributed by atoms with Crippen molar-refractivity contribution in [2.45, 2.75) is 13.0 Å². The first-order valence-corrected chi connectivity index (χ1v) is 9.57. The smallest absolute Gasteiger partial charge is 0.227 e. The molecule has 7 heteroatoms. The van der Waals surface area contributed by atoms with Crippen LogP contribution in [0.3, 0.4) is 0 Å². The van der Waals surface area contributed by atoms with Gasteiger partial charge in [0.25, 0.3) is 0 Å². The van der Waals surface area contributed by atoms with Crippen LogP contribution in [-0.2, 0) is 16.1 Å². The maximum absolute atomic E-state index is 13.3. The minimum absolute atomic E-state index is 0.0420. The number of hydrogen-bond donors (Lipinski definition) is 1. The van der Waals surface area contributed by atoms with E-state index in [2.05, 4.69) is 22.3 Å². The van der Waals surface area contributed by atoms with E-state index >= 15 is 0 Å². The third-order valence-electron chi connectivity index (χ3n) is 4.80. The number of likely N-dealkylation sites (N-methyl/N-ethyl adjacent to an activating group) is 1. The highest BCUT2D eigenvalue weighted by molar-refractivity contribution is 6.31. The molecule has 148 valence electrons. The summed E-state index contributed by atoms with van der Waals surface area (Å²) in [5, 5.41) is 2.87. The summed E-state index contributed by atoms with van der Waals surface area (Å²) in [6.07, 6.45) is 0.140. The predicted octanol–water partition coefficient (Wildman–Crippen LogP) is 3.08. The summed E-state index contributed by atoms with van der Waals surface area (Å²) < 4.78 is 13.3. The quantitative estimate of drug-likeness (QED) is 0.773. The average Bonchev–Trinajstić information content (AvgIpc) is 3.06. The number of benzene rings is 2. The zero-order valence-electron chi connectivity index (χ0n) is 15.7. The molecule has 1 atom stereocenters. The van der Waals surface area contributed by atoms with Crippen LogP contribution in [-0.4, -0.2) is 43.4 Å². The summed E-state index contributed by atoms with van der Waals surface area (Å²) in [5.74, 6) is -1.26. The van der Waals surface area contributed by atoms with E-state index in [0.29, 0.717) is 18.8 Å². The molecule has 0 saturated carbocycles. The highest BCUT2D eigenvalue weighted by Gasteiger charge is 2.35. The van der Waals surface area contributed by atoms with E-state index in [9.17, 15) is 14.0 Å². The summed E-state index contributed by atoms with van der Waals surface area (Å²) in [6.45, 7) is 2.29. The molecule has 2 amide bonds. The van der Waals surface area contributed by atoms with E-state index < -0.39 is 11.7 Å². The Hall–Kier alpha value is -2.44. The Balaban J connectivity index is 1.47. The molecule has 28 heavy (non-hydrogen) atoms. The lowest BCUT2D eigenvalue weighted by molar-refractivity contribution is -0.126. The number of nitrogens with one attached hydrogen (secondary N) is 1. The van der Waals surface area contributed by atoms with Crippen molar-refractivity contribution in [3.8, 4) is 0 Å². The number of nitrogens with zero attached hydrogens (tertiary/aromatic N) is 2. The largest absolute Gasteiger partial charge is 0.355 e. The van der Waals surface area contributed by atoms with Crippen LogP contribution in [0, 0.1) is 11.7 Å². The molecule has 5 nitrogen and oxygen atoms in total. The molecule has 1 fully saturated rings. The van der Waals surface area contributed by atoms with Gasteiger partial charge in [-0.05, 0) is 30.8 Å². The molecule has 0 spiro atoms. The predicted molar refractivity (Wildman–Crippen MR) is 108 cm³/mol. The van der Waals surface area contributed by atoms with Crippen LogP contribution < -0.4 is 10.2 Å². The Morgan fingerprint density at radius 2 is 2.04 bits per heavy atom. The van der Waals surface area contributed by atoms with Gasteiger partial charge in [0.1, 0.15) is 5.82 Å². The number of halogens is 2. The highest BCUT2D eigenvalue weighted by Crippen LogP contribution is 2.28. The average molecular weight is 404 g/mol. The third-order valence-corrected chi connectivity index (χ3v) is 5.09. The van der Waals surface area contributed by atoms with Gasteiger partial charge in [0.15, 0.2) is 0 Å². The Bertz CT molecular complexity index is 847. The van der Waals surface area contributed by atoms with E-state index in [1.54, 1.807) is 0 Å². The van der Waals surface area contributed by atoms with Gasteiger partial charge in [-0.15, -0.1) is 0 Å². The summed E-state index contributed by atoms with van der Waals surface area (Å²) in [4.78, 5) is 28.3. The molecule has 0 unspecified atom stereocenters. The Labute approximate surface area is 169 Å². The Kier molecular flexibility index (Phi) is 6.65. The summed E-state index contributed by atoms with van der Waals surface area (Å²) in [7, 11) is 2.00. The number of amides is 2. The maximum Gasteiger partial charge on any atom is 0.227 e. The van der Waals surface area contributed by atoms with Crippen LogP contribution in [0.15, 0.2) is 48.5 Å². The van der Waals surface area contributed by atoms with Gasteiger partial charge in [0.2, 0.25) is 11.8 Å². The molecule has 0 radical (unpaired) electrons. The van der Waals surface area contributed by atoms with Gasteiger partial charge in [-0.3, -0.25) is 9.59 Å². The zero-order chi connectivity index (χ0) is 20.1. The van der Waals surface area contributed by atoms with Crippen molar-refractivity contribution in [1.82, 2.24) is 10.2 Å². The third kappa shape index (κ3) is 5.09. The van der Waals surface area contributed by atoms with Crippen molar-refractivity contribution in [1.29, 1.82) is 0 Å². The second-order valence-electron chi connectivity index (χ2n) is 7.02. The topological polar surface area (TPSA) is 52.7 Å². The number of anilines is 1. The second kappa shape index (κ2) is 9.17. The maximum atomic E-state index is 13.3. The fraction of sp³-hybridized carbons (Fsp3) is 0.333. The van der Waals surface area contributed by atoms with Crippen LogP contribution in [0.4, 0.5) is 10.1 Å². The summed E-state index contributed by atoms with van der Waals surface area (Å²) in [5.41, 5.74) is 1.72. The lowest BCUT2D eigenvalue weighted by Gasteiger charge is -2.19. The van der Waals surface area contributed by atoms with Gasteiger partial charge in [-0.1, -0.05) is 41.9 Å². The molecule has 1 N–H and O–H groups in total. The minimum atomic E-state index is -0.536. The van der Waals surface area contributed by atoms with Crippen molar-refractivity contribution in [2.24, 2.45) is 5.92 Å². The normalized spacial score (nSPS) is 16.6. The number of carbonyl (C=O) groups is 2. The highest BCUT2D eigenvalue weighted by atomic mass is 35.5. The van der Waals surface area contributed by atoms with Crippen LogP contribution in [0.2, 0.25) is 5.02 Å². The molecule has 2 aromatic carbocycles. The Morgan fingerprint density at radius 1 is 1.29 bits per heavy atom. The van der Waals surface area contributed by atoms with Crippen LogP contribution >= 0.6 is 11.6 Å². The first kappa shape index (κ1) is 20.3. The van der Waals surface area contributed by atoms with Gasteiger partial charge in [0.05, 0.1) is 10.9 Å². The number of hydrogen-bond acceptors (Lipinski definition) is 3. The van der Waals surface area contributed by atoms with Crippen molar-refractivity contribution >= 4 is 29.1 Å². The lowest BCUT2D eigenvalue weighted by atomic mass is 10.1. The molecular weight excluding hydrogens is 381 g/mol. The number of carbonyl (C=O) groups excluding carboxylic acids is 2. The van der Waals surface area contributed by atoms with Gasteiger partial charge >= 0.3 is 0 Å². The van der Waals surface area contributed by atoms with Crippen LogP contribution in [0.25, 0.3) is 0 Å². The van der Waals surface area contributed by atoms with Gasteiger partial charge in [0, 0.05) is 38.3 Å². The van der Waals surface area contributed by atoms with E-state index in [0.717, 1.165) is 6.54 Å². The molecule has 1 aliphatic rings. The second-order valence-corrected chi connectivity index (χ2v) is 7.43. The molecule has 2 aromatic rings. The first-order chi connectivity index (χ1) is 13.4. The summed E-state index contributed by atoms with van der Waals surface area (Å²) >= 11 is 5.80. The monoisotopic (exact) mass is 403 g/mol. The van der Waals surface area contributed by atoms with Gasteiger partial charge in [-0.2, -0.15) is 0 Å². The molecule has 1 heterocycles. The van der Waals surface area contributed by atoms with E-state index in [1.165, 1.54) is 28.7 Å². The van der Waals surface area contributed by atoms with E-state index in [1.807, 2.05) is 25.2 Å². The van der Waals surface area contributed by atoms with Crippen LogP contribution in [0.5, 0.6) is 0 Å². The van der Waals surface area contributed by atoms with Gasteiger partial charge < -0.3 is 15.1 Å². The van der Waals surface area contributed by atoms with Crippen molar-refractivity contribution in [3.63, 3.8) is 0 Å². The molecule has 0 bridgehead atoms. The standard InChI is InChI=1S/C21H23ClFN3O2/c1-25(13-15-5-3-2-4-6-15)10-9-24-21(28)16-11-20(27)26(14-16)17-7-8-19(23)18(22)12-17/h2-8,12,16H,9-11,13-14H2,1H3,(H,24,28)/t16-/m0/s1. The van der Waals surface area contributed by atoms with Gasteiger partial charge in [-0.25, -0.2) is 4.39 Å². The van der Waals surface area contributed by atoms with Crippen molar-refractivity contribution < 1.29 is 14.0 Å². The molecule has 0 aliphatic carbocycles. The minimum Gasteiger partial charge on any atom is -0.355 e. The molecular formula is C21H23ClFN3O2. The molecule has 3 rings (SSSR count). The Morgan fingerprint density at radius 3 is 2.75 bits per heavy atom. The lowest BCUT2D eigenvalue weighted by Crippen LogP contribution is -2.37. The van der Waals surface area contributed by atoms with Crippen molar-refractivity contribution in [3.05, 3.63) is 64.9 Å². The fourth-order valence-corrected chi connectivity index (χ4v) is 3.45. The molecule has 1 saturated heterocycles. The molecule has 1 aliphatic heterocycles. The van der Waals surface area contributed by atoms with Crippen LogP contribution in [0.1, 0.15) is 12.0 Å².